The molecule has 0 saturated heterocycles. The topological polar surface area (TPSA) is 101 Å². The van der Waals surface area contributed by atoms with E-state index in [4.69, 9.17) is 17.0 Å². The van der Waals surface area contributed by atoms with Gasteiger partial charge in [-0.1, -0.05) is 41.9 Å². The molecule has 0 saturated carbocycles. The zero-order valence-electron chi connectivity index (χ0n) is 15.7. The average Bonchev–Trinajstić information content (AvgIpc) is 3.18. The largest absolute Gasteiger partial charge is 0.339 e. The molecule has 0 spiro atoms. The number of hydrogen-bond acceptors (Lipinski definition) is 5. The number of imidazole rings is 1. The van der Waals surface area contributed by atoms with Gasteiger partial charge in [-0.3, -0.25) is 10.6 Å². The smallest absolute Gasteiger partial charge is 0.178 e. The predicted molar refractivity (Wildman–Crippen MR) is 113 cm³/mol. The third-order valence-corrected chi connectivity index (χ3v) is 4.81. The molecule has 9 heteroatoms. The van der Waals surface area contributed by atoms with Crippen molar-refractivity contribution in [1.82, 2.24) is 20.3 Å². The Morgan fingerprint density at radius 1 is 1.17 bits per heavy atom. The number of benzene rings is 2. The summed E-state index contributed by atoms with van der Waals surface area (Å²) in [5.74, 6) is -0.173. The quantitative estimate of drug-likeness (QED) is 0.210. The number of H-pyrrole nitrogens is 1. The second kappa shape index (κ2) is 8.58. The van der Waals surface area contributed by atoms with Crippen molar-refractivity contribution in [2.45, 2.75) is 13.1 Å². The summed E-state index contributed by atoms with van der Waals surface area (Å²) in [7, 11) is 0. The number of aromatic amines is 1. The third kappa shape index (κ3) is 4.16. The lowest BCUT2D eigenvalue weighted by molar-refractivity contribution is 0.312. The molecule has 0 aliphatic rings. The molecule has 0 aliphatic carbocycles. The standard InChI is InChI=1S/C21H18ClFN6O/c22-16-10-14(6-7-17(16)23)29(30)20(24)15-8-9-26-21-19(15)27-18(28-21)12-25-11-13-4-2-1-3-5-13/h1-10,24-25,30H,11-12H2,(H,26,27,28). The van der Waals surface area contributed by atoms with Crippen molar-refractivity contribution in [2.24, 2.45) is 0 Å². The number of halogens is 2. The fourth-order valence-corrected chi connectivity index (χ4v) is 3.20. The summed E-state index contributed by atoms with van der Waals surface area (Å²) in [4.78, 5) is 11.8. The van der Waals surface area contributed by atoms with Gasteiger partial charge in [0, 0.05) is 18.3 Å². The summed E-state index contributed by atoms with van der Waals surface area (Å²) < 4.78 is 13.4. The van der Waals surface area contributed by atoms with Gasteiger partial charge in [-0.25, -0.2) is 19.4 Å². The van der Waals surface area contributed by atoms with Crippen LogP contribution in [0, 0.1) is 11.2 Å². The molecular weight excluding hydrogens is 407 g/mol. The highest BCUT2D eigenvalue weighted by Gasteiger charge is 2.18. The molecule has 0 amide bonds. The monoisotopic (exact) mass is 424 g/mol. The van der Waals surface area contributed by atoms with Crippen molar-refractivity contribution in [3.8, 4) is 0 Å². The predicted octanol–water partition coefficient (Wildman–Crippen LogP) is 4.26. The minimum absolute atomic E-state index is 0.146. The van der Waals surface area contributed by atoms with Crippen LogP contribution >= 0.6 is 11.6 Å². The Kier molecular flexibility index (Phi) is 5.71. The van der Waals surface area contributed by atoms with Crippen LogP contribution in [0.2, 0.25) is 5.02 Å². The summed E-state index contributed by atoms with van der Waals surface area (Å²) >= 11 is 5.78. The molecule has 0 radical (unpaired) electrons. The van der Waals surface area contributed by atoms with E-state index >= 15 is 0 Å². The molecule has 2 aromatic carbocycles. The molecule has 0 unspecified atom stereocenters. The molecule has 152 valence electrons. The van der Waals surface area contributed by atoms with Crippen LogP contribution in [0.25, 0.3) is 11.2 Å². The summed E-state index contributed by atoms with van der Waals surface area (Å²) in [5, 5.41) is 22.6. The summed E-state index contributed by atoms with van der Waals surface area (Å²) in [6.45, 7) is 1.16. The Morgan fingerprint density at radius 3 is 2.73 bits per heavy atom. The Balaban J connectivity index is 1.54. The van der Waals surface area contributed by atoms with Crippen LogP contribution in [0.15, 0.2) is 60.8 Å². The third-order valence-electron chi connectivity index (χ3n) is 4.52. The van der Waals surface area contributed by atoms with Crippen LogP contribution in [-0.2, 0) is 13.1 Å². The molecule has 0 atom stereocenters. The van der Waals surface area contributed by atoms with Gasteiger partial charge in [0.2, 0.25) is 0 Å². The van der Waals surface area contributed by atoms with Gasteiger partial charge in [0.15, 0.2) is 11.5 Å². The molecule has 0 aliphatic heterocycles. The minimum atomic E-state index is -0.604. The Morgan fingerprint density at radius 2 is 1.97 bits per heavy atom. The average molecular weight is 425 g/mol. The number of amidine groups is 1. The number of aromatic nitrogens is 3. The number of nitrogens with one attached hydrogen (secondary N) is 3. The summed E-state index contributed by atoms with van der Waals surface area (Å²) in [6.07, 6.45) is 1.51. The number of nitrogens with zero attached hydrogens (tertiary/aromatic N) is 3. The molecule has 4 aromatic rings. The van der Waals surface area contributed by atoms with Crippen molar-refractivity contribution in [2.75, 3.05) is 5.06 Å². The van der Waals surface area contributed by atoms with Crippen molar-refractivity contribution in [3.63, 3.8) is 0 Å². The van der Waals surface area contributed by atoms with Crippen LogP contribution < -0.4 is 10.4 Å². The molecule has 2 heterocycles. The van der Waals surface area contributed by atoms with Crippen molar-refractivity contribution >= 4 is 34.3 Å². The van der Waals surface area contributed by atoms with E-state index < -0.39 is 5.82 Å². The number of fused-ring (bicyclic) bond motifs is 1. The highest BCUT2D eigenvalue weighted by atomic mass is 35.5. The molecule has 0 bridgehead atoms. The Bertz CT molecular complexity index is 1200. The van der Waals surface area contributed by atoms with Crippen molar-refractivity contribution in [1.29, 1.82) is 5.41 Å². The second-order valence-corrected chi connectivity index (χ2v) is 7.00. The SMILES string of the molecule is N=C(c1ccnc2nc(CNCc3ccccc3)[nH]c12)N(O)c1ccc(F)c(Cl)c1. The van der Waals surface area contributed by atoms with Crippen LogP contribution in [0.3, 0.4) is 0 Å². The van der Waals surface area contributed by atoms with E-state index in [1.165, 1.54) is 18.3 Å². The van der Waals surface area contributed by atoms with Crippen molar-refractivity contribution < 1.29 is 9.60 Å². The van der Waals surface area contributed by atoms with Gasteiger partial charge in [0.05, 0.1) is 22.8 Å². The van der Waals surface area contributed by atoms with Crippen LogP contribution in [0.1, 0.15) is 17.0 Å². The maximum atomic E-state index is 13.4. The molecule has 4 rings (SSSR count). The number of anilines is 1. The maximum Gasteiger partial charge on any atom is 0.178 e. The van der Waals surface area contributed by atoms with Crippen LogP contribution in [0.5, 0.6) is 0 Å². The van der Waals surface area contributed by atoms with E-state index in [2.05, 4.69) is 20.3 Å². The van der Waals surface area contributed by atoms with Gasteiger partial charge < -0.3 is 10.3 Å². The van der Waals surface area contributed by atoms with Gasteiger partial charge in [-0.05, 0) is 29.8 Å². The molecule has 2 aromatic heterocycles. The first kappa shape index (κ1) is 20.0. The van der Waals surface area contributed by atoms with Crippen LogP contribution in [-0.4, -0.2) is 26.0 Å². The molecule has 4 N–H and O–H groups in total. The van der Waals surface area contributed by atoms with Gasteiger partial charge in [-0.15, -0.1) is 0 Å². The van der Waals surface area contributed by atoms with E-state index in [9.17, 15) is 9.60 Å². The first-order valence-electron chi connectivity index (χ1n) is 9.14. The Hall–Kier alpha value is -3.33. The first-order chi connectivity index (χ1) is 14.5. The summed E-state index contributed by atoms with van der Waals surface area (Å²) in [6, 6.07) is 15.3. The van der Waals surface area contributed by atoms with E-state index in [1.807, 2.05) is 30.3 Å². The number of hydroxylamine groups is 1. The lowest BCUT2D eigenvalue weighted by atomic mass is 10.2. The normalized spacial score (nSPS) is 11.0. The van der Waals surface area contributed by atoms with E-state index in [0.29, 0.717) is 40.7 Å². The number of pyridine rings is 1. The minimum Gasteiger partial charge on any atom is -0.339 e. The van der Waals surface area contributed by atoms with Gasteiger partial charge in [0.25, 0.3) is 0 Å². The second-order valence-electron chi connectivity index (χ2n) is 6.59. The van der Waals surface area contributed by atoms with E-state index in [1.54, 1.807) is 6.07 Å². The lowest BCUT2D eigenvalue weighted by Crippen LogP contribution is -2.27. The summed E-state index contributed by atoms with van der Waals surface area (Å²) in [5.41, 5.74) is 2.67. The van der Waals surface area contributed by atoms with Gasteiger partial charge in [0.1, 0.15) is 11.6 Å². The molecule has 7 nitrogen and oxygen atoms in total. The lowest BCUT2D eigenvalue weighted by Gasteiger charge is -2.18. The zero-order chi connectivity index (χ0) is 21.1. The zero-order valence-corrected chi connectivity index (χ0v) is 16.5. The molecule has 0 fully saturated rings. The first-order valence-corrected chi connectivity index (χ1v) is 9.52. The Labute approximate surface area is 176 Å². The molecule has 30 heavy (non-hydrogen) atoms. The fraction of sp³-hybridized carbons (Fsp3) is 0.0952. The van der Waals surface area contributed by atoms with E-state index in [-0.39, 0.29) is 16.5 Å². The van der Waals surface area contributed by atoms with Crippen molar-refractivity contribution in [3.05, 3.63) is 88.6 Å². The van der Waals surface area contributed by atoms with E-state index in [0.717, 1.165) is 11.6 Å². The number of rotatable bonds is 6. The molecular formula is C21H18ClFN6O. The van der Waals surface area contributed by atoms with Gasteiger partial charge >= 0.3 is 0 Å². The fourth-order valence-electron chi connectivity index (χ4n) is 3.02. The number of hydrogen-bond donors (Lipinski definition) is 4. The maximum absolute atomic E-state index is 13.4. The van der Waals surface area contributed by atoms with Gasteiger partial charge in [-0.2, -0.15) is 0 Å². The van der Waals surface area contributed by atoms with Crippen LogP contribution in [0.4, 0.5) is 10.1 Å². The highest BCUT2D eigenvalue weighted by Crippen LogP contribution is 2.24. The highest BCUT2D eigenvalue weighted by molar-refractivity contribution is 6.31.